The molecule has 1 aliphatic rings. The van der Waals surface area contributed by atoms with E-state index in [9.17, 15) is 29.7 Å². The Morgan fingerprint density at radius 1 is 1.29 bits per heavy atom. The third kappa shape index (κ3) is 8.25. The van der Waals surface area contributed by atoms with Crippen molar-refractivity contribution in [1.82, 2.24) is 10.6 Å². The van der Waals surface area contributed by atoms with Gasteiger partial charge in [-0.3, -0.25) is 9.59 Å². The number of carboxylic acid groups (broad SMARTS) is 1. The van der Waals surface area contributed by atoms with Gasteiger partial charge in [-0.15, -0.1) is 22.7 Å². The summed E-state index contributed by atoms with van der Waals surface area (Å²) in [6, 6.07) is 6.52. The number of aliphatic hydroxyl groups excluding tert-OH is 2. The van der Waals surface area contributed by atoms with Gasteiger partial charge in [0.15, 0.2) is 0 Å². The van der Waals surface area contributed by atoms with Gasteiger partial charge in [0.2, 0.25) is 5.91 Å². The summed E-state index contributed by atoms with van der Waals surface area (Å²) in [6.45, 7) is 3.26. The van der Waals surface area contributed by atoms with Crippen LogP contribution in [0.25, 0.3) is 9.75 Å². The van der Waals surface area contributed by atoms with E-state index in [-0.39, 0.29) is 31.9 Å². The highest BCUT2D eigenvalue weighted by atomic mass is 32.2. The normalized spacial score (nSPS) is 24.1. The molecule has 38 heavy (non-hydrogen) atoms. The third-order valence-corrected chi connectivity index (χ3v) is 9.03. The Morgan fingerprint density at radius 2 is 2.08 bits per heavy atom. The Morgan fingerprint density at radius 3 is 2.74 bits per heavy atom. The maximum atomic E-state index is 12.6. The van der Waals surface area contributed by atoms with E-state index in [0.29, 0.717) is 11.3 Å². The maximum Gasteiger partial charge on any atom is 0.364 e. The number of amides is 2. The van der Waals surface area contributed by atoms with E-state index >= 15 is 0 Å². The average Bonchev–Trinajstić information content (AvgIpc) is 3.57. The van der Waals surface area contributed by atoms with Crippen molar-refractivity contribution >= 4 is 52.2 Å². The Bertz CT molecular complexity index is 1060. The van der Waals surface area contributed by atoms with E-state index in [1.807, 2.05) is 30.5 Å². The molecule has 10 nitrogen and oxygen atoms in total. The molecule has 1 fully saturated rings. The minimum absolute atomic E-state index is 0.108. The smallest absolute Gasteiger partial charge is 0.364 e. The van der Waals surface area contributed by atoms with Gasteiger partial charge in [0.05, 0.1) is 35.8 Å². The number of aliphatic carboxylic acids is 1. The fourth-order valence-electron chi connectivity index (χ4n) is 4.13. The summed E-state index contributed by atoms with van der Waals surface area (Å²) in [6.07, 6.45) is -3.46. The molecule has 1 aliphatic heterocycles. The SMILES string of the molecule is CCSCCCO[C@]1(C(=O)O)C[C@H](O)[C@@H](NC(C)=O)[C@H](C[C@H](O)CNC(=O)c2ccc(-c3cccs3)s2)O1. The van der Waals surface area contributed by atoms with Crippen LogP contribution in [0.3, 0.4) is 0 Å². The number of aliphatic hydroxyl groups is 2. The van der Waals surface area contributed by atoms with Crippen molar-refractivity contribution in [3.8, 4) is 9.75 Å². The minimum atomic E-state index is -2.12. The van der Waals surface area contributed by atoms with Crippen molar-refractivity contribution in [2.45, 2.75) is 63.3 Å². The number of hydrogen-bond acceptors (Lipinski definition) is 10. The Hall–Kier alpha value is -2.00. The lowest BCUT2D eigenvalue weighted by Crippen LogP contribution is -2.64. The highest BCUT2D eigenvalue weighted by Gasteiger charge is 2.53. The predicted octanol–water partition coefficient (Wildman–Crippen LogP) is 2.55. The van der Waals surface area contributed by atoms with E-state index in [1.54, 1.807) is 29.2 Å². The topological polar surface area (TPSA) is 154 Å². The quantitative estimate of drug-likeness (QED) is 0.210. The third-order valence-electron chi connectivity index (χ3n) is 5.90. The average molecular weight is 587 g/mol. The molecule has 2 amide bonds. The number of ether oxygens (including phenoxy) is 2. The molecule has 13 heteroatoms. The molecule has 1 saturated heterocycles. The molecule has 3 heterocycles. The van der Waals surface area contributed by atoms with Crippen molar-refractivity contribution in [2.75, 3.05) is 24.7 Å². The molecule has 2 aromatic heterocycles. The molecule has 0 bridgehead atoms. The van der Waals surface area contributed by atoms with Crippen LogP contribution in [0.1, 0.15) is 42.8 Å². The van der Waals surface area contributed by atoms with Crippen molar-refractivity contribution in [3.05, 3.63) is 34.5 Å². The van der Waals surface area contributed by atoms with Crippen molar-refractivity contribution < 1.29 is 39.2 Å². The first-order valence-corrected chi connectivity index (χ1v) is 15.2. The van der Waals surface area contributed by atoms with Crippen LogP contribution in [0.15, 0.2) is 29.6 Å². The molecule has 0 aliphatic carbocycles. The molecule has 0 saturated carbocycles. The number of carbonyl (C=O) groups excluding carboxylic acids is 2. The summed E-state index contributed by atoms with van der Waals surface area (Å²) in [4.78, 5) is 39.1. The van der Waals surface area contributed by atoms with E-state index < -0.39 is 42.0 Å². The number of rotatable bonds is 14. The monoisotopic (exact) mass is 586 g/mol. The Labute approximate surface area is 233 Å². The number of hydrogen-bond donors (Lipinski definition) is 5. The molecule has 0 unspecified atom stereocenters. The van der Waals surface area contributed by atoms with Gasteiger partial charge < -0.3 is 35.4 Å². The van der Waals surface area contributed by atoms with Crippen LogP contribution in [-0.4, -0.2) is 87.9 Å². The zero-order valence-electron chi connectivity index (χ0n) is 21.3. The van der Waals surface area contributed by atoms with Gasteiger partial charge in [-0.05, 0) is 41.5 Å². The van der Waals surface area contributed by atoms with Crippen LogP contribution in [0.4, 0.5) is 0 Å². The van der Waals surface area contributed by atoms with E-state index in [1.165, 1.54) is 18.3 Å². The summed E-state index contributed by atoms with van der Waals surface area (Å²) >= 11 is 4.61. The van der Waals surface area contributed by atoms with Gasteiger partial charge in [-0.2, -0.15) is 11.8 Å². The summed E-state index contributed by atoms with van der Waals surface area (Å²) in [7, 11) is 0. The first-order valence-electron chi connectivity index (χ1n) is 12.3. The molecule has 3 rings (SSSR count). The second kappa shape index (κ2) is 14.4. The van der Waals surface area contributed by atoms with Crippen molar-refractivity contribution in [3.63, 3.8) is 0 Å². The highest BCUT2D eigenvalue weighted by molar-refractivity contribution is 7.99. The molecular formula is C25H34N2O8S3. The first-order chi connectivity index (χ1) is 18.1. The molecule has 0 aromatic carbocycles. The lowest BCUT2D eigenvalue weighted by molar-refractivity contribution is -0.297. The molecule has 5 N–H and O–H groups in total. The molecule has 2 aromatic rings. The maximum absolute atomic E-state index is 12.6. The van der Waals surface area contributed by atoms with Crippen LogP contribution in [-0.2, 0) is 19.1 Å². The van der Waals surface area contributed by atoms with Gasteiger partial charge in [0.25, 0.3) is 11.7 Å². The van der Waals surface area contributed by atoms with Crippen LogP contribution in [0, 0.1) is 0 Å². The highest BCUT2D eigenvalue weighted by Crippen LogP contribution is 2.34. The van der Waals surface area contributed by atoms with Crippen LogP contribution in [0.5, 0.6) is 0 Å². The molecule has 0 spiro atoms. The molecule has 210 valence electrons. The zero-order valence-corrected chi connectivity index (χ0v) is 23.7. The fraction of sp³-hybridized carbons (Fsp3) is 0.560. The van der Waals surface area contributed by atoms with E-state index in [0.717, 1.165) is 21.3 Å². The summed E-state index contributed by atoms with van der Waals surface area (Å²) in [5.74, 6) is -2.60. The number of thiophene rings is 2. The Kier molecular flexibility index (Phi) is 11.6. The van der Waals surface area contributed by atoms with Gasteiger partial charge in [0, 0.05) is 36.1 Å². The molecule has 0 radical (unpaired) electrons. The van der Waals surface area contributed by atoms with Gasteiger partial charge in [-0.1, -0.05) is 13.0 Å². The summed E-state index contributed by atoms with van der Waals surface area (Å²) in [5, 5.41) is 38.6. The zero-order chi connectivity index (χ0) is 27.7. The number of carboxylic acids is 1. The molecule has 5 atom stereocenters. The van der Waals surface area contributed by atoms with Crippen molar-refractivity contribution in [2.24, 2.45) is 0 Å². The number of nitrogens with one attached hydrogen (secondary N) is 2. The van der Waals surface area contributed by atoms with Crippen LogP contribution in [0.2, 0.25) is 0 Å². The summed E-state index contributed by atoms with van der Waals surface area (Å²) in [5.41, 5.74) is 0. The Balaban J connectivity index is 1.64. The van der Waals surface area contributed by atoms with E-state index in [4.69, 9.17) is 9.47 Å². The fourth-order valence-corrected chi connectivity index (χ4v) is 6.50. The lowest BCUT2D eigenvalue weighted by atomic mass is 9.90. The second-order valence-electron chi connectivity index (χ2n) is 8.85. The van der Waals surface area contributed by atoms with Gasteiger partial charge in [-0.25, -0.2) is 4.79 Å². The number of carbonyl (C=O) groups is 3. The van der Waals surface area contributed by atoms with Crippen molar-refractivity contribution in [1.29, 1.82) is 0 Å². The van der Waals surface area contributed by atoms with Crippen LogP contribution < -0.4 is 10.6 Å². The largest absolute Gasteiger partial charge is 0.477 e. The lowest BCUT2D eigenvalue weighted by Gasteiger charge is -2.45. The van der Waals surface area contributed by atoms with Gasteiger partial charge in [0.1, 0.15) is 0 Å². The van der Waals surface area contributed by atoms with Crippen LogP contribution >= 0.6 is 34.4 Å². The molecular weight excluding hydrogens is 552 g/mol. The summed E-state index contributed by atoms with van der Waals surface area (Å²) < 4.78 is 11.5. The number of thioether (sulfide) groups is 1. The second-order valence-corrected chi connectivity index (χ2v) is 12.3. The minimum Gasteiger partial charge on any atom is -0.477 e. The van der Waals surface area contributed by atoms with E-state index in [2.05, 4.69) is 10.6 Å². The van der Waals surface area contributed by atoms with Gasteiger partial charge >= 0.3 is 5.97 Å². The predicted molar refractivity (Wildman–Crippen MR) is 148 cm³/mol. The standard InChI is InChI=1S/C25H34N2O8S3/c1-3-36-10-5-9-34-25(24(32)33)13-17(30)22(27-15(2)28)18(35-25)12-16(29)14-26-23(31)21-8-7-20(38-21)19-6-4-11-37-19/h4,6-8,11,16-18,22,29-30H,3,5,9-10,12-14H2,1-2H3,(H,26,31)(H,27,28)(H,32,33)/t16-,17-,18-,22+,25+/m0/s1. The first kappa shape index (κ1) is 30.5.